The summed E-state index contributed by atoms with van der Waals surface area (Å²) in [5, 5.41) is 27.5. The maximum atomic E-state index is 14.1. The number of nitrogens with zero attached hydrogens (tertiary/aromatic N) is 6. The van der Waals surface area contributed by atoms with Crippen LogP contribution in [0.2, 0.25) is 0 Å². The van der Waals surface area contributed by atoms with Crippen LogP contribution in [-0.2, 0) is 29.4 Å². The van der Waals surface area contributed by atoms with E-state index in [-0.39, 0.29) is 53.1 Å². The summed E-state index contributed by atoms with van der Waals surface area (Å²) >= 11 is 0. The Bertz CT molecular complexity index is 1410. The van der Waals surface area contributed by atoms with Crippen molar-refractivity contribution in [2.45, 2.75) is 32.0 Å². The summed E-state index contributed by atoms with van der Waals surface area (Å²) in [6.45, 7) is -0.00271. The predicted molar refractivity (Wildman–Crippen MR) is 130 cm³/mol. The van der Waals surface area contributed by atoms with Gasteiger partial charge in [-0.15, -0.1) is 5.10 Å². The van der Waals surface area contributed by atoms with Crippen LogP contribution in [0.5, 0.6) is 5.75 Å². The number of halogens is 3. The number of hydrogen-bond donors (Lipinski definition) is 1. The van der Waals surface area contributed by atoms with Gasteiger partial charge >= 0.3 is 18.3 Å². The number of carbonyl (C=O) groups is 2. The van der Waals surface area contributed by atoms with E-state index in [0.29, 0.717) is 19.4 Å². The van der Waals surface area contributed by atoms with E-state index in [1.807, 2.05) is 0 Å². The second-order valence-corrected chi connectivity index (χ2v) is 9.01. The lowest BCUT2D eigenvalue weighted by Gasteiger charge is -2.35. The number of anilines is 1. The van der Waals surface area contributed by atoms with Crippen LogP contribution < -0.4 is 9.64 Å². The molecule has 0 amide bonds. The fourth-order valence-electron chi connectivity index (χ4n) is 4.37. The number of piperidine rings is 1. The number of non-ortho nitro benzene ring substituents is 1. The zero-order valence-electron chi connectivity index (χ0n) is 21.0. The first-order valence-electron chi connectivity index (χ1n) is 12.0. The third kappa shape index (κ3) is 6.62. The molecule has 0 aliphatic carbocycles. The van der Waals surface area contributed by atoms with Gasteiger partial charge in [0.1, 0.15) is 23.7 Å². The van der Waals surface area contributed by atoms with Gasteiger partial charge in [-0.25, -0.2) is 14.5 Å². The first-order valence-corrected chi connectivity index (χ1v) is 12.0. The number of nitro benzene ring substituents is 1. The number of rotatable bonds is 8. The average molecular weight is 564 g/mol. The van der Waals surface area contributed by atoms with Crippen LogP contribution >= 0.6 is 0 Å². The van der Waals surface area contributed by atoms with Crippen molar-refractivity contribution >= 4 is 23.5 Å². The number of carboxylic acids is 1. The Labute approximate surface area is 224 Å². The molecule has 1 N–H and O–H groups in total. The zero-order valence-corrected chi connectivity index (χ0v) is 21.0. The van der Waals surface area contributed by atoms with Crippen LogP contribution in [-0.4, -0.2) is 55.2 Å². The third-order valence-corrected chi connectivity index (χ3v) is 6.23. The van der Waals surface area contributed by atoms with E-state index >= 15 is 0 Å². The van der Waals surface area contributed by atoms with E-state index in [0.717, 1.165) is 12.1 Å². The number of hydrogen-bond acceptors (Lipinski definition) is 10. The SMILES string of the molecule is Cn1nnc(-c2ccc(N3CCCC(CC(=O)O)C3)c(C(F)(F)F)n2)c1COC(=O)Oc1ccc([N+](=O)[O-])cc1. The van der Waals surface area contributed by atoms with Gasteiger partial charge < -0.3 is 19.5 Å². The second-order valence-electron chi connectivity index (χ2n) is 9.01. The summed E-state index contributed by atoms with van der Waals surface area (Å²) in [4.78, 5) is 38.7. The summed E-state index contributed by atoms with van der Waals surface area (Å²) in [5.74, 6) is -1.32. The summed E-state index contributed by atoms with van der Waals surface area (Å²) < 4.78 is 53.5. The molecule has 0 radical (unpaired) electrons. The molecule has 4 rings (SSSR count). The van der Waals surface area contributed by atoms with Crippen molar-refractivity contribution in [3.8, 4) is 17.1 Å². The number of ether oxygens (including phenoxy) is 2. The number of benzene rings is 1. The molecular weight excluding hydrogens is 541 g/mol. The first kappa shape index (κ1) is 28.3. The van der Waals surface area contributed by atoms with Crippen molar-refractivity contribution in [3.63, 3.8) is 0 Å². The van der Waals surface area contributed by atoms with E-state index in [4.69, 9.17) is 14.6 Å². The number of aliphatic carboxylic acids is 1. The molecule has 3 aromatic rings. The minimum atomic E-state index is -4.82. The van der Waals surface area contributed by atoms with E-state index < -0.39 is 35.5 Å². The minimum absolute atomic E-state index is 0.0191. The second kappa shape index (κ2) is 11.5. The maximum Gasteiger partial charge on any atom is 0.514 e. The van der Waals surface area contributed by atoms with Gasteiger partial charge in [0.2, 0.25) is 0 Å². The smallest absolute Gasteiger partial charge is 0.481 e. The zero-order chi connectivity index (χ0) is 29.0. The minimum Gasteiger partial charge on any atom is -0.481 e. The van der Waals surface area contributed by atoms with Crippen LogP contribution in [0.15, 0.2) is 36.4 Å². The molecule has 13 nitrogen and oxygen atoms in total. The van der Waals surface area contributed by atoms with Crippen molar-refractivity contribution in [3.05, 3.63) is 57.9 Å². The Balaban J connectivity index is 1.53. The van der Waals surface area contributed by atoms with Gasteiger partial charge in [0, 0.05) is 38.7 Å². The quantitative estimate of drug-likeness (QED) is 0.180. The van der Waals surface area contributed by atoms with Gasteiger partial charge in [0.05, 0.1) is 16.3 Å². The number of aryl methyl sites for hydroxylation is 1. The molecule has 2 aromatic heterocycles. The Morgan fingerprint density at radius 1 is 1.20 bits per heavy atom. The summed E-state index contributed by atoms with van der Waals surface area (Å²) in [6, 6.07) is 7.27. The molecule has 1 aromatic carbocycles. The molecule has 40 heavy (non-hydrogen) atoms. The Hall–Kier alpha value is -4.76. The van der Waals surface area contributed by atoms with Crippen molar-refractivity contribution in [1.82, 2.24) is 20.0 Å². The van der Waals surface area contributed by atoms with Crippen molar-refractivity contribution in [2.24, 2.45) is 13.0 Å². The standard InChI is InChI=1S/C24H23F3N6O7/c1-31-19(13-39-23(36)40-16-6-4-15(5-7-16)33(37)38)21(29-30-31)17-8-9-18(22(28-17)24(25,26)27)32-10-2-3-14(12-32)11-20(34)35/h4-9,14H,2-3,10-13H2,1H3,(H,34,35). The van der Waals surface area contributed by atoms with Crippen LogP contribution in [0.1, 0.15) is 30.7 Å². The van der Waals surface area contributed by atoms with Gasteiger partial charge in [0.15, 0.2) is 5.69 Å². The average Bonchev–Trinajstić information content (AvgIpc) is 3.26. The monoisotopic (exact) mass is 564 g/mol. The molecule has 3 heterocycles. The summed E-state index contributed by atoms with van der Waals surface area (Å²) in [6.07, 6.45) is -4.98. The van der Waals surface area contributed by atoms with Gasteiger partial charge in [-0.3, -0.25) is 14.9 Å². The highest BCUT2D eigenvalue weighted by Crippen LogP contribution is 2.38. The number of alkyl halides is 3. The molecule has 0 spiro atoms. The van der Waals surface area contributed by atoms with E-state index in [1.54, 1.807) is 0 Å². The van der Waals surface area contributed by atoms with E-state index in [1.165, 1.54) is 40.9 Å². The molecule has 16 heteroatoms. The van der Waals surface area contributed by atoms with Gasteiger partial charge in [0.25, 0.3) is 5.69 Å². The molecule has 212 valence electrons. The molecule has 1 fully saturated rings. The number of carbonyl (C=O) groups excluding carboxylic acids is 1. The Morgan fingerprint density at radius 3 is 2.58 bits per heavy atom. The number of nitro groups is 1. The summed E-state index contributed by atoms with van der Waals surface area (Å²) in [7, 11) is 1.45. The number of pyridine rings is 1. The van der Waals surface area contributed by atoms with Crippen LogP contribution in [0.4, 0.5) is 29.3 Å². The molecule has 0 bridgehead atoms. The molecule has 1 aliphatic heterocycles. The fraction of sp³-hybridized carbons (Fsp3) is 0.375. The maximum absolute atomic E-state index is 14.1. The molecule has 1 atom stereocenters. The topological polar surface area (TPSA) is 163 Å². The lowest BCUT2D eigenvalue weighted by molar-refractivity contribution is -0.384. The lowest BCUT2D eigenvalue weighted by atomic mass is 9.94. The first-order chi connectivity index (χ1) is 18.9. The number of carboxylic acid groups (broad SMARTS) is 1. The van der Waals surface area contributed by atoms with E-state index in [9.17, 15) is 32.9 Å². The van der Waals surface area contributed by atoms with Crippen LogP contribution in [0, 0.1) is 16.0 Å². The van der Waals surface area contributed by atoms with Gasteiger partial charge in [-0.2, -0.15) is 13.2 Å². The Morgan fingerprint density at radius 2 is 1.93 bits per heavy atom. The highest BCUT2D eigenvalue weighted by atomic mass is 19.4. The molecular formula is C24H23F3N6O7. The van der Waals surface area contributed by atoms with Gasteiger partial charge in [-0.05, 0) is 43.0 Å². The fourth-order valence-corrected chi connectivity index (χ4v) is 4.37. The predicted octanol–water partition coefficient (Wildman–Crippen LogP) is 4.21. The van der Waals surface area contributed by atoms with Crippen molar-refractivity contribution in [2.75, 3.05) is 18.0 Å². The van der Waals surface area contributed by atoms with Crippen molar-refractivity contribution < 1.29 is 42.3 Å². The van der Waals surface area contributed by atoms with Crippen molar-refractivity contribution in [1.29, 1.82) is 0 Å². The van der Waals surface area contributed by atoms with Crippen LogP contribution in [0.3, 0.4) is 0 Å². The highest BCUT2D eigenvalue weighted by Gasteiger charge is 2.39. The molecule has 1 unspecified atom stereocenters. The largest absolute Gasteiger partial charge is 0.514 e. The Kier molecular flexibility index (Phi) is 8.16. The summed E-state index contributed by atoms with van der Waals surface area (Å²) in [5.41, 5.74) is -1.61. The molecule has 0 saturated carbocycles. The molecule has 1 aliphatic rings. The number of aromatic nitrogens is 4. The van der Waals surface area contributed by atoms with Crippen LogP contribution in [0.25, 0.3) is 11.4 Å². The normalized spacial score (nSPS) is 15.5. The highest BCUT2D eigenvalue weighted by molar-refractivity contribution is 5.68. The van der Waals surface area contributed by atoms with Gasteiger partial charge in [-0.1, -0.05) is 5.21 Å². The molecule has 1 saturated heterocycles. The lowest BCUT2D eigenvalue weighted by Crippen LogP contribution is -2.37. The van der Waals surface area contributed by atoms with E-state index in [2.05, 4.69) is 15.3 Å². The third-order valence-electron chi connectivity index (χ3n) is 6.23.